The molecule has 1 aliphatic heterocycles. The molecule has 3 fully saturated rings. The smallest absolute Gasteiger partial charge is 0.308 e. The minimum Gasteiger partial charge on any atom is -0.469 e. The highest BCUT2D eigenvalue weighted by Gasteiger charge is 2.41. The molecule has 2 aliphatic carbocycles. The van der Waals surface area contributed by atoms with Gasteiger partial charge in [-0.05, 0) is 162 Å². The fraction of sp³-hybridized carbons (Fsp3) is 0.479. The molecule has 0 amide bonds. The maximum Gasteiger partial charge on any atom is 0.308 e. The molecule has 1 saturated heterocycles. The third-order valence-corrected chi connectivity index (χ3v) is 25.5. The lowest BCUT2D eigenvalue weighted by atomic mass is 9.92. The second-order valence-electron chi connectivity index (χ2n) is 27.1. The van der Waals surface area contributed by atoms with Gasteiger partial charge in [-0.1, -0.05) is 102 Å². The van der Waals surface area contributed by atoms with Crippen LogP contribution in [0, 0.1) is 11.6 Å². The quantitative estimate of drug-likeness (QED) is 0.0328. The van der Waals surface area contributed by atoms with Crippen LogP contribution < -0.4 is 0 Å². The molecule has 2 atom stereocenters. The lowest BCUT2D eigenvalue weighted by molar-refractivity contribution is -0.157. The van der Waals surface area contributed by atoms with Crippen LogP contribution in [-0.2, 0) is 42.2 Å². The number of fused-ring (bicyclic) bond motifs is 2. The summed E-state index contributed by atoms with van der Waals surface area (Å²) in [6.45, 7) is 30.3. The van der Waals surface area contributed by atoms with Crippen molar-refractivity contribution in [3.8, 4) is 22.3 Å². The SMILES string of the molecule is C1CCOC1.CC(=O)C[C@H](CC(=O)OC(C)(C)C)O[Si](C)(C)C(C)(C)C.COC(=O)C[C@@H](CC(=O)/C=C/c1c(C2CC2)nc2ccccc2c1-c1ccc(F)cc1)O[Si](C)(C)C(C)(C)C.O=Cc1c(C2CC2)nc2ccccc2c1-c1ccc(F)cc1. The van der Waals surface area contributed by atoms with Crippen molar-refractivity contribution in [3.05, 3.63) is 137 Å². The van der Waals surface area contributed by atoms with Crippen LogP contribution in [0.1, 0.15) is 173 Å². The molecule has 87 heavy (non-hydrogen) atoms. The summed E-state index contributed by atoms with van der Waals surface area (Å²) < 4.78 is 54.9. The summed E-state index contributed by atoms with van der Waals surface area (Å²) in [6, 6.07) is 28.5. The topological polar surface area (TPSA) is 157 Å². The largest absolute Gasteiger partial charge is 0.469 e. The van der Waals surface area contributed by atoms with Gasteiger partial charge in [-0.3, -0.25) is 33.9 Å². The van der Waals surface area contributed by atoms with Crippen LogP contribution in [0.4, 0.5) is 8.78 Å². The number of nitrogens with zero attached hydrogens (tertiary/aromatic N) is 2. The molecule has 3 aliphatic rings. The summed E-state index contributed by atoms with van der Waals surface area (Å²) in [5.74, 6) is -0.690. The van der Waals surface area contributed by atoms with Crippen LogP contribution in [0.15, 0.2) is 103 Å². The minimum atomic E-state index is -2.23. The Labute approximate surface area is 516 Å². The zero-order valence-electron chi connectivity index (χ0n) is 54.0. The Hall–Kier alpha value is -6.44. The summed E-state index contributed by atoms with van der Waals surface area (Å²) >= 11 is 0. The maximum atomic E-state index is 13.8. The molecule has 6 aromatic rings. The van der Waals surface area contributed by atoms with Crippen molar-refractivity contribution in [1.29, 1.82) is 0 Å². The van der Waals surface area contributed by atoms with E-state index >= 15 is 0 Å². The highest BCUT2D eigenvalue weighted by Crippen LogP contribution is 2.47. The number of hydrogen-bond donors (Lipinski definition) is 0. The first-order chi connectivity index (χ1) is 40.8. The van der Waals surface area contributed by atoms with Gasteiger partial charge in [0.25, 0.3) is 0 Å². The molecule has 468 valence electrons. The summed E-state index contributed by atoms with van der Waals surface area (Å²) in [4.78, 5) is 70.3. The number of halogens is 2. The van der Waals surface area contributed by atoms with E-state index in [1.165, 1.54) is 51.1 Å². The molecule has 2 aromatic heterocycles. The molecule has 0 bridgehead atoms. The molecule has 4 aromatic carbocycles. The van der Waals surface area contributed by atoms with Crippen LogP contribution in [0.2, 0.25) is 36.3 Å². The number of benzene rings is 4. The number of para-hydroxylation sites is 2. The summed E-state index contributed by atoms with van der Waals surface area (Å²) in [5, 5.41) is 1.85. The number of Topliss-reactive ketones (excluding diaryl/α,β-unsaturated/α-hetero) is 1. The van der Waals surface area contributed by atoms with E-state index in [1.54, 1.807) is 30.3 Å². The molecule has 0 unspecified atom stereocenters. The van der Waals surface area contributed by atoms with Crippen molar-refractivity contribution in [2.45, 2.75) is 199 Å². The number of ether oxygens (including phenoxy) is 3. The van der Waals surface area contributed by atoms with Crippen LogP contribution >= 0.6 is 0 Å². The van der Waals surface area contributed by atoms with Crippen molar-refractivity contribution in [3.63, 3.8) is 0 Å². The van der Waals surface area contributed by atoms with E-state index in [2.05, 4.69) is 67.7 Å². The molecular formula is C71H92F2N2O10Si2. The number of rotatable bonds is 19. The number of ketones is 2. The first-order valence-electron chi connectivity index (χ1n) is 30.6. The Balaban J connectivity index is 0.000000213. The monoisotopic (exact) mass is 1230 g/mol. The molecule has 12 nitrogen and oxygen atoms in total. The zero-order chi connectivity index (χ0) is 64.1. The predicted octanol–water partition coefficient (Wildman–Crippen LogP) is 17.5. The van der Waals surface area contributed by atoms with E-state index in [9.17, 15) is 32.8 Å². The van der Waals surface area contributed by atoms with E-state index in [0.29, 0.717) is 17.4 Å². The Morgan fingerprint density at radius 2 is 1.01 bits per heavy atom. The average Bonchev–Trinajstić information content (AvgIpc) is 1.80. The Morgan fingerprint density at radius 3 is 1.39 bits per heavy atom. The summed E-state index contributed by atoms with van der Waals surface area (Å²) in [6.07, 6.45) is 10.6. The molecule has 0 spiro atoms. The standard InChI is InChI=1S/C32H38FNO4Si.C19H14FNO.C16H32O4Si.C4H8O/c1-32(2,3)39(5,6)38-25(20-29(36)37-4)19-24(35)17-18-27-30(21-13-15-23(33)16-14-21)26-9-7-8-10-28(26)34-31(27)22-11-12-22;20-14-9-7-12(8-10-14)18-15-3-1-2-4-17(15)21-19(13-5-6-13)16(18)11-22;1-12(17)10-13(11-14(18)19-15(2,3)4)20-21(8,9)16(5,6)7;1-2-4-5-3-1/h7-10,13-18,22,25H,11-12,19-20H2,1-6H3;1-4,7-11,13H,5-6H2;13H,10-11H2,1-9H3;1-4H2/b18-17+;;;/t25-;;13-;/m1.1./s1. The van der Waals surface area contributed by atoms with Gasteiger partial charge in [0.1, 0.15) is 23.0 Å². The van der Waals surface area contributed by atoms with Crippen molar-refractivity contribution in [2.24, 2.45) is 0 Å². The third kappa shape index (κ3) is 20.6. The Kier molecular flexibility index (Phi) is 24.2. The van der Waals surface area contributed by atoms with Crippen LogP contribution in [0.3, 0.4) is 0 Å². The normalized spacial score (nSPS) is 15.3. The average molecular weight is 1230 g/mol. The van der Waals surface area contributed by atoms with E-state index < -0.39 is 40.4 Å². The molecule has 9 rings (SSSR count). The Morgan fingerprint density at radius 1 is 0.598 bits per heavy atom. The van der Waals surface area contributed by atoms with Crippen LogP contribution in [0.5, 0.6) is 0 Å². The highest BCUT2D eigenvalue weighted by molar-refractivity contribution is 6.74. The number of esters is 2. The second-order valence-corrected chi connectivity index (χ2v) is 36.6. The predicted molar refractivity (Wildman–Crippen MR) is 349 cm³/mol. The Bertz CT molecular complexity index is 3360. The maximum absolute atomic E-state index is 13.8. The number of carbonyl (C=O) groups is 5. The van der Waals surface area contributed by atoms with Gasteiger partial charge in [-0.15, -0.1) is 0 Å². The van der Waals surface area contributed by atoms with Crippen LogP contribution in [-0.4, -0.2) is 94.5 Å². The number of hydrogen-bond acceptors (Lipinski definition) is 12. The molecule has 3 heterocycles. The first-order valence-corrected chi connectivity index (χ1v) is 36.4. The van der Waals surface area contributed by atoms with Gasteiger partial charge >= 0.3 is 11.9 Å². The number of allylic oxidation sites excluding steroid dienone is 1. The molecule has 2 saturated carbocycles. The number of pyridine rings is 2. The van der Waals surface area contributed by atoms with E-state index in [4.69, 9.17) is 33.0 Å². The lowest BCUT2D eigenvalue weighted by Gasteiger charge is -2.39. The van der Waals surface area contributed by atoms with E-state index in [0.717, 1.165) is 106 Å². The van der Waals surface area contributed by atoms with Gasteiger partial charge in [0.15, 0.2) is 28.7 Å². The molecule has 0 N–H and O–H groups in total. The molecule has 0 radical (unpaired) electrons. The van der Waals surface area contributed by atoms with Crippen molar-refractivity contribution in [2.75, 3.05) is 20.3 Å². The molecule has 16 heteroatoms. The number of methoxy groups -OCH3 is 1. The third-order valence-electron chi connectivity index (χ3n) is 16.4. The minimum absolute atomic E-state index is 0.0221. The summed E-state index contributed by atoms with van der Waals surface area (Å²) in [7, 11) is -2.91. The fourth-order valence-corrected chi connectivity index (χ4v) is 12.3. The van der Waals surface area contributed by atoms with Gasteiger partial charge in [0.05, 0.1) is 54.6 Å². The van der Waals surface area contributed by atoms with E-state index in [1.807, 2.05) is 75.4 Å². The number of aldehydes is 1. The van der Waals surface area contributed by atoms with Gasteiger partial charge in [0, 0.05) is 70.9 Å². The van der Waals surface area contributed by atoms with Crippen LogP contribution in [0.25, 0.3) is 50.1 Å². The van der Waals surface area contributed by atoms with Crippen molar-refractivity contribution >= 4 is 74.3 Å². The van der Waals surface area contributed by atoms with Crippen molar-refractivity contribution in [1.82, 2.24) is 9.97 Å². The van der Waals surface area contributed by atoms with Crippen molar-refractivity contribution < 1.29 is 55.8 Å². The van der Waals surface area contributed by atoms with Gasteiger partial charge in [-0.2, -0.15) is 0 Å². The number of aromatic nitrogens is 2. The number of carbonyl (C=O) groups excluding carboxylic acids is 5. The molecular weight excluding hydrogens is 1130 g/mol. The lowest BCUT2D eigenvalue weighted by Crippen LogP contribution is -2.45. The highest BCUT2D eigenvalue weighted by atomic mass is 28.4. The zero-order valence-corrected chi connectivity index (χ0v) is 56.0. The summed E-state index contributed by atoms with van der Waals surface area (Å²) in [5.41, 5.74) is 8.13. The first kappa shape index (κ1) is 69.7. The van der Waals surface area contributed by atoms with Gasteiger partial charge in [0.2, 0.25) is 0 Å². The van der Waals surface area contributed by atoms with Gasteiger partial charge < -0.3 is 23.1 Å². The van der Waals surface area contributed by atoms with Gasteiger partial charge in [-0.25, -0.2) is 8.78 Å². The second kappa shape index (κ2) is 30.2. The van der Waals surface area contributed by atoms with E-state index in [-0.39, 0.29) is 64.9 Å². The fourth-order valence-electron chi connectivity index (χ4n) is 9.61.